The Balaban J connectivity index is 1.37. The fourth-order valence-corrected chi connectivity index (χ4v) is 5.51. The highest BCUT2D eigenvalue weighted by Crippen LogP contribution is 2.35. The van der Waals surface area contributed by atoms with Crippen LogP contribution in [0.2, 0.25) is 0 Å². The van der Waals surface area contributed by atoms with Gasteiger partial charge in [-0.25, -0.2) is 0 Å². The van der Waals surface area contributed by atoms with Gasteiger partial charge in [-0.15, -0.1) is 0 Å². The summed E-state index contributed by atoms with van der Waals surface area (Å²) in [5.74, 6) is 2.09. The van der Waals surface area contributed by atoms with Crippen molar-refractivity contribution in [1.29, 1.82) is 0 Å². The number of rotatable bonds is 6. The molecule has 2 aliphatic carbocycles. The molecule has 25 heavy (non-hydrogen) atoms. The van der Waals surface area contributed by atoms with E-state index in [0.717, 1.165) is 25.3 Å². The maximum Gasteiger partial charge on any atom is 0.222 e. The van der Waals surface area contributed by atoms with E-state index in [1.807, 2.05) is 0 Å². The molecule has 3 fully saturated rings. The lowest BCUT2D eigenvalue weighted by molar-refractivity contribution is -0.137. The highest BCUT2D eigenvalue weighted by molar-refractivity contribution is 5.80. The van der Waals surface area contributed by atoms with Crippen molar-refractivity contribution in [2.24, 2.45) is 11.8 Å². The van der Waals surface area contributed by atoms with Crippen LogP contribution in [-0.4, -0.2) is 29.2 Å². The molecule has 0 N–H and O–H groups in total. The lowest BCUT2D eigenvalue weighted by atomic mass is 9.78. The van der Waals surface area contributed by atoms with E-state index >= 15 is 0 Å². The summed E-state index contributed by atoms with van der Waals surface area (Å²) in [6.07, 6.45) is 18.1. The van der Waals surface area contributed by atoms with Gasteiger partial charge in [0.05, 0.1) is 0 Å². The van der Waals surface area contributed by atoms with Crippen LogP contribution in [0.15, 0.2) is 0 Å². The number of hydrogen-bond acceptors (Lipinski definition) is 2. The Labute approximate surface area is 153 Å². The third kappa shape index (κ3) is 5.56. The van der Waals surface area contributed by atoms with Crippen molar-refractivity contribution in [1.82, 2.24) is 4.90 Å². The minimum absolute atomic E-state index is 0.318. The van der Waals surface area contributed by atoms with Gasteiger partial charge in [-0.05, 0) is 43.9 Å². The molecule has 2 unspecified atom stereocenters. The molecule has 1 heterocycles. The molecule has 3 heteroatoms. The minimum atomic E-state index is 0.318. The van der Waals surface area contributed by atoms with Gasteiger partial charge in [0.25, 0.3) is 0 Å². The number of likely N-dealkylation sites (tertiary alicyclic amines) is 1. The van der Waals surface area contributed by atoms with Crippen molar-refractivity contribution in [3.8, 4) is 0 Å². The molecular weight excluding hydrogens is 310 g/mol. The zero-order valence-corrected chi connectivity index (χ0v) is 16.0. The molecule has 0 bridgehead atoms. The molecule has 3 rings (SSSR count). The summed E-state index contributed by atoms with van der Waals surface area (Å²) in [5, 5.41) is 0. The summed E-state index contributed by atoms with van der Waals surface area (Å²) < 4.78 is 0. The molecule has 3 nitrogen and oxygen atoms in total. The highest BCUT2D eigenvalue weighted by atomic mass is 16.2. The van der Waals surface area contributed by atoms with E-state index in [0.29, 0.717) is 36.5 Å². The topological polar surface area (TPSA) is 37.4 Å². The number of hydrogen-bond donors (Lipinski definition) is 0. The zero-order chi connectivity index (χ0) is 17.5. The van der Waals surface area contributed by atoms with Crippen LogP contribution in [0.25, 0.3) is 0 Å². The average molecular weight is 348 g/mol. The molecule has 0 aromatic rings. The van der Waals surface area contributed by atoms with Crippen molar-refractivity contribution >= 4 is 11.7 Å². The largest absolute Gasteiger partial charge is 0.339 e. The van der Waals surface area contributed by atoms with Gasteiger partial charge in [-0.2, -0.15) is 0 Å². The summed E-state index contributed by atoms with van der Waals surface area (Å²) in [6, 6.07) is 0.511. The van der Waals surface area contributed by atoms with Crippen LogP contribution < -0.4 is 0 Å². The van der Waals surface area contributed by atoms with Gasteiger partial charge in [0.1, 0.15) is 5.78 Å². The zero-order valence-electron chi connectivity index (χ0n) is 16.0. The highest BCUT2D eigenvalue weighted by Gasteiger charge is 2.35. The van der Waals surface area contributed by atoms with E-state index in [1.54, 1.807) is 0 Å². The molecule has 142 valence electrons. The number of carbonyl (C=O) groups is 2. The third-order valence-corrected chi connectivity index (χ3v) is 6.90. The van der Waals surface area contributed by atoms with Crippen LogP contribution in [0.3, 0.4) is 0 Å². The quantitative estimate of drug-likeness (QED) is 0.614. The molecule has 0 aromatic heterocycles. The minimum Gasteiger partial charge on any atom is -0.339 e. The second-order valence-corrected chi connectivity index (χ2v) is 8.80. The lowest BCUT2D eigenvalue weighted by Gasteiger charge is -2.44. The standard InChI is InChI=1S/C22H37NO2/c24-20(17-18-9-3-1-2-4-10-18)13-7-15-22(25)23-16-8-12-19-11-5-6-14-21(19)23/h18-19,21H,1-17H2. The van der Waals surface area contributed by atoms with Gasteiger partial charge in [-0.1, -0.05) is 51.4 Å². The van der Waals surface area contributed by atoms with Crippen molar-refractivity contribution in [2.45, 2.75) is 109 Å². The van der Waals surface area contributed by atoms with Crippen molar-refractivity contribution < 1.29 is 9.59 Å². The van der Waals surface area contributed by atoms with E-state index in [-0.39, 0.29) is 0 Å². The van der Waals surface area contributed by atoms with Gasteiger partial charge in [0.2, 0.25) is 5.91 Å². The molecular formula is C22H37NO2. The normalized spacial score (nSPS) is 28.2. The van der Waals surface area contributed by atoms with Crippen LogP contribution in [0.5, 0.6) is 0 Å². The lowest BCUT2D eigenvalue weighted by Crippen LogP contribution is -2.49. The van der Waals surface area contributed by atoms with E-state index < -0.39 is 0 Å². The molecule has 2 saturated carbocycles. The molecule has 1 aliphatic heterocycles. The predicted octanol–water partition coefficient (Wildman–Crippen LogP) is 5.27. The third-order valence-electron chi connectivity index (χ3n) is 6.90. The SMILES string of the molecule is O=C(CCCC(=O)N1CCCC2CCCCC21)CC1CCCCCC1. The van der Waals surface area contributed by atoms with E-state index in [1.165, 1.54) is 77.0 Å². The van der Waals surface area contributed by atoms with Crippen LogP contribution in [-0.2, 0) is 9.59 Å². The van der Waals surface area contributed by atoms with Crippen LogP contribution in [0.4, 0.5) is 0 Å². The van der Waals surface area contributed by atoms with E-state index in [4.69, 9.17) is 0 Å². The average Bonchev–Trinajstić information content (AvgIpc) is 2.89. The molecule has 1 amide bonds. The summed E-state index contributed by atoms with van der Waals surface area (Å²) in [4.78, 5) is 27.2. The van der Waals surface area contributed by atoms with E-state index in [2.05, 4.69) is 4.90 Å². The summed E-state index contributed by atoms with van der Waals surface area (Å²) in [5.41, 5.74) is 0. The van der Waals surface area contributed by atoms with Gasteiger partial charge in [0, 0.05) is 31.8 Å². The second kappa shape index (κ2) is 9.73. The number of nitrogens with zero attached hydrogens (tertiary/aromatic N) is 1. The monoisotopic (exact) mass is 347 g/mol. The fourth-order valence-electron chi connectivity index (χ4n) is 5.51. The number of piperidine rings is 1. The first-order chi connectivity index (χ1) is 12.2. The summed E-state index contributed by atoms with van der Waals surface area (Å²) in [7, 11) is 0. The maximum atomic E-state index is 12.7. The van der Waals surface area contributed by atoms with Crippen LogP contribution in [0, 0.1) is 11.8 Å². The Morgan fingerprint density at radius 1 is 0.760 bits per heavy atom. The Kier molecular flexibility index (Phi) is 7.36. The Morgan fingerprint density at radius 3 is 2.24 bits per heavy atom. The van der Waals surface area contributed by atoms with Gasteiger partial charge in [-0.3, -0.25) is 9.59 Å². The summed E-state index contributed by atoms with van der Waals surface area (Å²) in [6.45, 7) is 0.954. The number of fused-ring (bicyclic) bond motifs is 1. The fraction of sp³-hybridized carbons (Fsp3) is 0.909. The molecule has 0 spiro atoms. The molecule has 0 aromatic carbocycles. The maximum absolute atomic E-state index is 12.7. The van der Waals surface area contributed by atoms with Crippen molar-refractivity contribution in [3.05, 3.63) is 0 Å². The first-order valence-electron chi connectivity index (χ1n) is 11.0. The molecule has 2 atom stereocenters. The van der Waals surface area contributed by atoms with Crippen molar-refractivity contribution in [3.63, 3.8) is 0 Å². The Bertz CT molecular complexity index is 437. The predicted molar refractivity (Wildman–Crippen MR) is 101 cm³/mol. The van der Waals surface area contributed by atoms with Gasteiger partial charge in [0.15, 0.2) is 0 Å². The number of carbonyl (C=O) groups excluding carboxylic acids is 2. The number of ketones is 1. The molecule has 0 radical (unpaired) electrons. The van der Waals surface area contributed by atoms with Gasteiger partial charge < -0.3 is 4.90 Å². The van der Waals surface area contributed by atoms with Crippen molar-refractivity contribution in [2.75, 3.05) is 6.54 Å². The Morgan fingerprint density at radius 2 is 1.44 bits per heavy atom. The van der Waals surface area contributed by atoms with Gasteiger partial charge >= 0.3 is 0 Å². The Hall–Kier alpha value is -0.860. The van der Waals surface area contributed by atoms with Crippen LogP contribution >= 0.6 is 0 Å². The van der Waals surface area contributed by atoms with E-state index in [9.17, 15) is 9.59 Å². The smallest absolute Gasteiger partial charge is 0.222 e. The number of Topliss-reactive ketones (excluding diaryl/α,β-unsaturated/α-hetero) is 1. The number of amides is 1. The second-order valence-electron chi connectivity index (χ2n) is 8.80. The summed E-state index contributed by atoms with van der Waals surface area (Å²) >= 11 is 0. The first kappa shape index (κ1) is 18.9. The molecule has 3 aliphatic rings. The molecule has 1 saturated heterocycles. The first-order valence-corrected chi connectivity index (χ1v) is 11.0. The van der Waals surface area contributed by atoms with Crippen LogP contribution in [0.1, 0.15) is 103 Å².